The first-order chi connectivity index (χ1) is 13.1. The van der Waals surface area contributed by atoms with Gasteiger partial charge in [0.05, 0.1) is 25.1 Å². The minimum atomic E-state index is -3.26. The molecule has 0 amide bonds. The highest BCUT2D eigenvalue weighted by molar-refractivity contribution is 14.0. The summed E-state index contributed by atoms with van der Waals surface area (Å²) in [7, 11) is -3.26. The number of nitrogens with one attached hydrogen (secondary N) is 2. The summed E-state index contributed by atoms with van der Waals surface area (Å²) in [4.78, 5) is 4.39. The van der Waals surface area contributed by atoms with E-state index in [0.717, 1.165) is 6.26 Å². The number of hydrogen-bond donors (Lipinski definition) is 3. The molecule has 0 aliphatic rings. The van der Waals surface area contributed by atoms with E-state index < -0.39 is 21.3 Å². The molecule has 0 radical (unpaired) electrons. The van der Waals surface area contributed by atoms with E-state index in [1.54, 1.807) is 19.1 Å². The Hall–Kier alpha value is -1.66. The van der Waals surface area contributed by atoms with Gasteiger partial charge in [-0.05, 0) is 49.2 Å². The van der Waals surface area contributed by atoms with Gasteiger partial charge >= 0.3 is 0 Å². The van der Waals surface area contributed by atoms with Crippen LogP contribution in [0.3, 0.4) is 0 Å². The maximum absolute atomic E-state index is 13.6. The SMILES string of the molecule is CCNC(=NCc1cc(F)ccc1CS(C)(=O)=O)NCC(C)(O)c1ccco1.I. The molecule has 1 aromatic carbocycles. The minimum Gasteiger partial charge on any atom is -0.466 e. The molecule has 0 aliphatic heterocycles. The standard InChI is InChI=1S/C19H26FN3O4S.HI/c1-4-21-18(23-13-19(2,24)17-6-5-9-27-17)22-11-15-10-16(20)8-7-14(15)12-28(3,25)26;/h5-10,24H,4,11-13H2,1-3H3,(H2,21,22,23);1H. The van der Waals surface area contributed by atoms with E-state index in [1.165, 1.54) is 24.5 Å². The maximum atomic E-state index is 13.6. The first-order valence-corrected chi connectivity index (χ1v) is 10.9. The molecular formula is C19H27FIN3O4S. The number of aliphatic imine (C=N–C) groups is 1. The summed E-state index contributed by atoms with van der Waals surface area (Å²) < 4.78 is 42.1. The van der Waals surface area contributed by atoms with Crippen molar-refractivity contribution < 1.29 is 22.3 Å². The highest BCUT2D eigenvalue weighted by Gasteiger charge is 2.26. The van der Waals surface area contributed by atoms with E-state index in [2.05, 4.69) is 15.6 Å². The van der Waals surface area contributed by atoms with Gasteiger partial charge in [-0.2, -0.15) is 0 Å². The number of nitrogens with zero attached hydrogens (tertiary/aromatic N) is 1. The molecule has 2 rings (SSSR count). The van der Waals surface area contributed by atoms with Gasteiger partial charge in [0.1, 0.15) is 17.2 Å². The fraction of sp³-hybridized carbons (Fsp3) is 0.421. The summed E-state index contributed by atoms with van der Waals surface area (Å²) >= 11 is 0. The Morgan fingerprint density at radius 2 is 2.00 bits per heavy atom. The molecule has 10 heteroatoms. The lowest BCUT2D eigenvalue weighted by Gasteiger charge is -2.22. The number of halogens is 2. The minimum absolute atomic E-state index is 0. The number of guanidine groups is 1. The van der Waals surface area contributed by atoms with Crippen LogP contribution in [-0.2, 0) is 27.7 Å². The summed E-state index contributed by atoms with van der Waals surface area (Å²) in [5, 5.41) is 16.6. The second-order valence-corrected chi connectivity index (χ2v) is 8.92. The van der Waals surface area contributed by atoms with Crippen molar-refractivity contribution in [1.82, 2.24) is 10.6 Å². The second kappa shape index (κ2) is 10.9. The molecule has 3 N–H and O–H groups in total. The third-order valence-electron chi connectivity index (χ3n) is 3.99. The quantitative estimate of drug-likeness (QED) is 0.271. The third kappa shape index (κ3) is 8.31. The second-order valence-electron chi connectivity index (χ2n) is 6.78. The molecule has 1 aromatic heterocycles. The molecule has 0 spiro atoms. The van der Waals surface area contributed by atoms with Gasteiger partial charge in [0.25, 0.3) is 0 Å². The monoisotopic (exact) mass is 539 g/mol. The zero-order valence-corrected chi connectivity index (χ0v) is 19.8. The Balaban J connectivity index is 0.00000420. The maximum Gasteiger partial charge on any atom is 0.191 e. The molecule has 29 heavy (non-hydrogen) atoms. The molecule has 162 valence electrons. The third-order valence-corrected chi connectivity index (χ3v) is 4.83. The average molecular weight is 539 g/mol. The predicted octanol–water partition coefficient (Wildman–Crippen LogP) is 2.54. The molecule has 1 heterocycles. The van der Waals surface area contributed by atoms with Crippen LogP contribution in [0.5, 0.6) is 0 Å². The van der Waals surface area contributed by atoms with Crippen LogP contribution in [0.1, 0.15) is 30.7 Å². The molecular weight excluding hydrogens is 512 g/mol. The average Bonchev–Trinajstić information content (AvgIpc) is 3.14. The van der Waals surface area contributed by atoms with Crippen LogP contribution in [0, 0.1) is 5.82 Å². The van der Waals surface area contributed by atoms with E-state index in [4.69, 9.17) is 4.42 Å². The fourth-order valence-electron chi connectivity index (χ4n) is 2.60. The number of benzene rings is 1. The van der Waals surface area contributed by atoms with Crippen molar-refractivity contribution in [1.29, 1.82) is 0 Å². The first kappa shape index (κ1) is 25.4. The number of hydrogen-bond acceptors (Lipinski definition) is 5. The Labute approximate surface area is 187 Å². The van der Waals surface area contributed by atoms with Gasteiger partial charge in [0.15, 0.2) is 15.8 Å². The smallest absolute Gasteiger partial charge is 0.191 e. The Morgan fingerprint density at radius 3 is 2.59 bits per heavy atom. The summed E-state index contributed by atoms with van der Waals surface area (Å²) in [6, 6.07) is 7.35. The predicted molar refractivity (Wildman–Crippen MR) is 121 cm³/mol. The van der Waals surface area contributed by atoms with Crippen molar-refractivity contribution in [3.63, 3.8) is 0 Å². The van der Waals surface area contributed by atoms with Gasteiger partial charge in [0.2, 0.25) is 0 Å². The van der Waals surface area contributed by atoms with Gasteiger partial charge in [-0.25, -0.2) is 17.8 Å². The molecule has 0 aliphatic carbocycles. The summed E-state index contributed by atoms with van der Waals surface area (Å²) in [5.41, 5.74) is -0.258. The number of aliphatic hydroxyl groups is 1. The molecule has 1 unspecified atom stereocenters. The van der Waals surface area contributed by atoms with Crippen molar-refractivity contribution in [2.75, 3.05) is 19.3 Å². The van der Waals surface area contributed by atoms with Crippen LogP contribution < -0.4 is 10.6 Å². The van der Waals surface area contributed by atoms with Gasteiger partial charge < -0.3 is 20.2 Å². The summed E-state index contributed by atoms with van der Waals surface area (Å²) in [6.45, 7) is 4.29. The lowest BCUT2D eigenvalue weighted by atomic mass is 10.0. The normalized spacial score (nSPS) is 14.0. The van der Waals surface area contributed by atoms with Gasteiger partial charge in [-0.15, -0.1) is 24.0 Å². The molecule has 0 saturated carbocycles. The number of furan rings is 1. The molecule has 0 saturated heterocycles. The van der Waals surface area contributed by atoms with E-state index >= 15 is 0 Å². The lowest BCUT2D eigenvalue weighted by molar-refractivity contribution is 0.0386. The summed E-state index contributed by atoms with van der Waals surface area (Å²) in [5.74, 6) is 0.177. The van der Waals surface area contributed by atoms with E-state index in [1.807, 2.05) is 6.92 Å². The first-order valence-electron chi connectivity index (χ1n) is 8.84. The van der Waals surface area contributed by atoms with Crippen molar-refractivity contribution in [2.45, 2.75) is 31.7 Å². The van der Waals surface area contributed by atoms with Gasteiger partial charge in [-0.3, -0.25) is 0 Å². The number of rotatable bonds is 8. The molecule has 7 nitrogen and oxygen atoms in total. The summed E-state index contributed by atoms with van der Waals surface area (Å²) in [6.07, 6.45) is 2.61. The molecule has 2 aromatic rings. The van der Waals surface area contributed by atoms with Crippen LogP contribution in [0.25, 0.3) is 0 Å². The van der Waals surface area contributed by atoms with Crippen LogP contribution >= 0.6 is 24.0 Å². The topological polar surface area (TPSA) is 104 Å². The van der Waals surface area contributed by atoms with E-state index in [9.17, 15) is 17.9 Å². The zero-order chi connectivity index (χ0) is 20.8. The van der Waals surface area contributed by atoms with E-state index in [0.29, 0.717) is 29.4 Å². The zero-order valence-electron chi connectivity index (χ0n) is 16.6. The van der Waals surface area contributed by atoms with Gasteiger partial charge in [-0.1, -0.05) is 6.07 Å². The van der Waals surface area contributed by atoms with Crippen LogP contribution in [0.15, 0.2) is 46.0 Å². The van der Waals surface area contributed by atoms with E-state index in [-0.39, 0.29) is 42.8 Å². The Morgan fingerprint density at radius 1 is 1.28 bits per heavy atom. The Bertz CT molecular complexity index is 916. The van der Waals surface area contributed by atoms with Crippen molar-refractivity contribution >= 4 is 39.8 Å². The largest absolute Gasteiger partial charge is 0.466 e. The van der Waals surface area contributed by atoms with Crippen molar-refractivity contribution in [3.8, 4) is 0 Å². The molecule has 1 atom stereocenters. The fourth-order valence-corrected chi connectivity index (χ4v) is 3.45. The van der Waals surface area contributed by atoms with Crippen LogP contribution in [-0.4, -0.2) is 38.8 Å². The number of sulfone groups is 1. The highest BCUT2D eigenvalue weighted by Crippen LogP contribution is 2.20. The Kier molecular flexibility index (Phi) is 9.56. The van der Waals surface area contributed by atoms with Gasteiger partial charge in [0, 0.05) is 12.8 Å². The van der Waals surface area contributed by atoms with Crippen molar-refractivity contribution in [2.24, 2.45) is 4.99 Å². The van der Waals surface area contributed by atoms with Crippen LogP contribution in [0.4, 0.5) is 4.39 Å². The molecule has 0 fully saturated rings. The highest BCUT2D eigenvalue weighted by atomic mass is 127. The van der Waals surface area contributed by atoms with Crippen LogP contribution in [0.2, 0.25) is 0 Å². The molecule has 0 bridgehead atoms. The van der Waals surface area contributed by atoms with Crippen molar-refractivity contribution in [3.05, 3.63) is 59.3 Å². The lowest BCUT2D eigenvalue weighted by Crippen LogP contribution is -2.44.